The molecule has 0 bridgehead atoms. The number of halogens is 1. The molecule has 10 heteroatoms. The first-order valence-electron chi connectivity index (χ1n) is 15.1. The number of nitrogens with zero attached hydrogens (tertiary/aromatic N) is 1. The zero-order valence-electron chi connectivity index (χ0n) is 26.0. The molecule has 1 fully saturated rings. The summed E-state index contributed by atoms with van der Waals surface area (Å²) in [6, 6.07) is 27.8. The van der Waals surface area contributed by atoms with Crippen LogP contribution in [0.25, 0.3) is 11.1 Å². The van der Waals surface area contributed by atoms with Gasteiger partial charge in [-0.3, -0.25) is 10.1 Å². The summed E-state index contributed by atoms with van der Waals surface area (Å²) in [6.07, 6.45) is -0.350. The van der Waals surface area contributed by atoms with Gasteiger partial charge in [-0.2, -0.15) is 0 Å². The number of anilines is 3. The molecule has 5 rings (SSSR count). The van der Waals surface area contributed by atoms with E-state index in [0.717, 1.165) is 35.3 Å². The molecule has 0 aliphatic carbocycles. The van der Waals surface area contributed by atoms with Crippen LogP contribution in [0.2, 0.25) is 0 Å². The van der Waals surface area contributed by atoms with E-state index in [4.69, 9.17) is 9.47 Å². The van der Waals surface area contributed by atoms with Gasteiger partial charge >= 0.3 is 12.2 Å². The van der Waals surface area contributed by atoms with Crippen LogP contribution in [0.15, 0.2) is 97.1 Å². The van der Waals surface area contributed by atoms with Gasteiger partial charge in [0.25, 0.3) is 5.91 Å². The number of amides is 3. The average molecular weight is 625 g/mol. The molecule has 1 atom stereocenters. The molecule has 3 amide bonds. The van der Waals surface area contributed by atoms with Crippen molar-refractivity contribution in [1.29, 1.82) is 0 Å². The van der Waals surface area contributed by atoms with Crippen molar-refractivity contribution in [1.82, 2.24) is 5.32 Å². The fraction of sp³-hybridized carbons (Fsp3) is 0.250. The van der Waals surface area contributed by atoms with E-state index in [1.807, 2.05) is 42.5 Å². The number of ether oxygens (including phenoxy) is 2. The van der Waals surface area contributed by atoms with Crippen molar-refractivity contribution in [3.63, 3.8) is 0 Å². The highest BCUT2D eigenvalue weighted by Crippen LogP contribution is 2.31. The maximum Gasteiger partial charge on any atom is 0.412 e. The van der Waals surface area contributed by atoms with Gasteiger partial charge in [0.1, 0.15) is 18.0 Å². The number of benzene rings is 4. The number of nitrogens with one attached hydrogen (secondary N) is 3. The van der Waals surface area contributed by atoms with Gasteiger partial charge in [-0.05, 0) is 92.4 Å². The van der Waals surface area contributed by atoms with Crippen LogP contribution < -0.4 is 20.9 Å². The smallest absolute Gasteiger partial charge is 0.412 e. The number of hydrogen-bond donors (Lipinski definition) is 3. The van der Waals surface area contributed by atoms with Crippen LogP contribution in [0.3, 0.4) is 0 Å². The summed E-state index contributed by atoms with van der Waals surface area (Å²) in [7, 11) is 0. The number of carbonyl (C=O) groups excluding carboxylic acids is 3. The molecule has 0 spiro atoms. The summed E-state index contributed by atoms with van der Waals surface area (Å²) in [4.78, 5) is 40.3. The predicted molar refractivity (Wildman–Crippen MR) is 176 cm³/mol. The molecule has 3 N–H and O–H groups in total. The molecule has 1 saturated heterocycles. The lowest BCUT2D eigenvalue weighted by Gasteiger charge is -2.21. The van der Waals surface area contributed by atoms with Crippen LogP contribution >= 0.6 is 0 Å². The van der Waals surface area contributed by atoms with Gasteiger partial charge in [-0.25, -0.2) is 14.0 Å². The molecule has 0 aromatic heterocycles. The van der Waals surface area contributed by atoms with Crippen molar-refractivity contribution in [3.05, 3.63) is 114 Å². The molecule has 1 aliphatic rings. The number of rotatable bonds is 8. The first-order valence-corrected chi connectivity index (χ1v) is 15.1. The van der Waals surface area contributed by atoms with Crippen molar-refractivity contribution in [2.75, 3.05) is 28.6 Å². The summed E-state index contributed by atoms with van der Waals surface area (Å²) in [5.41, 5.74) is 3.72. The monoisotopic (exact) mass is 624 g/mol. The topological polar surface area (TPSA) is 109 Å². The van der Waals surface area contributed by atoms with E-state index in [-0.39, 0.29) is 24.4 Å². The molecule has 238 valence electrons. The Morgan fingerprint density at radius 1 is 0.826 bits per heavy atom. The van der Waals surface area contributed by atoms with E-state index < -0.39 is 17.8 Å². The highest BCUT2D eigenvalue weighted by molar-refractivity contribution is 6.07. The van der Waals surface area contributed by atoms with E-state index in [0.29, 0.717) is 23.5 Å². The molecule has 9 nitrogen and oxygen atoms in total. The Labute approximate surface area is 267 Å². The molecule has 1 aliphatic heterocycles. The van der Waals surface area contributed by atoms with E-state index in [1.54, 1.807) is 63.2 Å². The number of alkyl carbamates (subject to hydrolysis) is 1. The lowest BCUT2D eigenvalue weighted by Crippen LogP contribution is -2.37. The lowest BCUT2D eigenvalue weighted by molar-refractivity contribution is 0.0635. The SMILES string of the molecule is CC(C)(C)OC(=O)Nc1ccc(-c2ccc(F)cc2)cc1NC(=O)c1ccc(N2CC[C@@H](NC(=O)OCc3ccccc3)C2)cc1. The molecule has 4 aromatic rings. The van der Waals surface area contributed by atoms with Gasteiger partial charge in [-0.1, -0.05) is 48.5 Å². The van der Waals surface area contributed by atoms with Crippen LogP contribution in [0.5, 0.6) is 0 Å². The van der Waals surface area contributed by atoms with Gasteiger partial charge in [0.05, 0.1) is 17.4 Å². The van der Waals surface area contributed by atoms with Gasteiger partial charge in [-0.15, -0.1) is 0 Å². The normalized spacial score (nSPS) is 14.3. The fourth-order valence-electron chi connectivity index (χ4n) is 5.05. The maximum absolute atomic E-state index is 13.5. The second kappa shape index (κ2) is 14.2. The Balaban J connectivity index is 1.23. The summed E-state index contributed by atoms with van der Waals surface area (Å²) in [6.45, 7) is 6.85. The molecule has 0 radical (unpaired) electrons. The third-order valence-corrected chi connectivity index (χ3v) is 7.30. The summed E-state index contributed by atoms with van der Waals surface area (Å²) >= 11 is 0. The Kier molecular flexibility index (Phi) is 9.85. The summed E-state index contributed by atoms with van der Waals surface area (Å²) < 4.78 is 24.3. The fourth-order valence-corrected chi connectivity index (χ4v) is 5.05. The van der Waals surface area contributed by atoms with E-state index in [2.05, 4.69) is 20.9 Å². The van der Waals surface area contributed by atoms with Gasteiger partial charge in [0.15, 0.2) is 0 Å². The minimum absolute atomic E-state index is 0.0597. The number of carbonyl (C=O) groups is 3. The Morgan fingerprint density at radius 2 is 1.52 bits per heavy atom. The zero-order chi connectivity index (χ0) is 32.7. The Bertz CT molecular complexity index is 1670. The first-order chi connectivity index (χ1) is 22.0. The van der Waals surface area contributed by atoms with Crippen molar-refractivity contribution < 1.29 is 28.2 Å². The third-order valence-electron chi connectivity index (χ3n) is 7.30. The van der Waals surface area contributed by atoms with Crippen LogP contribution in [0.1, 0.15) is 43.1 Å². The minimum Gasteiger partial charge on any atom is -0.445 e. The molecule has 0 saturated carbocycles. The highest BCUT2D eigenvalue weighted by Gasteiger charge is 2.25. The standard InChI is InChI=1S/C36H37FN4O5/c1-36(2,3)46-35(44)40-31-18-13-27(25-9-14-28(37)15-10-25)21-32(31)39-33(42)26-11-16-30(17-12-26)41-20-19-29(22-41)38-34(43)45-23-24-7-5-4-6-8-24/h4-18,21,29H,19-20,22-23H2,1-3H3,(H,38,43)(H,39,42)(H,40,44)/t29-/m1/s1. The lowest BCUT2D eigenvalue weighted by atomic mass is 10.0. The highest BCUT2D eigenvalue weighted by atomic mass is 19.1. The summed E-state index contributed by atoms with van der Waals surface area (Å²) in [5, 5.41) is 8.54. The molecule has 1 heterocycles. The average Bonchev–Trinajstić information content (AvgIpc) is 3.49. The van der Waals surface area contributed by atoms with E-state index >= 15 is 0 Å². The predicted octanol–water partition coefficient (Wildman–Crippen LogP) is 7.60. The van der Waals surface area contributed by atoms with Crippen LogP contribution in [-0.2, 0) is 16.1 Å². The molecule has 0 unspecified atom stereocenters. The minimum atomic E-state index is -0.708. The summed E-state index contributed by atoms with van der Waals surface area (Å²) in [5.74, 6) is -0.733. The van der Waals surface area contributed by atoms with Crippen molar-refractivity contribution in [3.8, 4) is 11.1 Å². The zero-order valence-corrected chi connectivity index (χ0v) is 26.0. The van der Waals surface area contributed by atoms with E-state index in [1.165, 1.54) is 12.1 Å². The van der Waals surface area contributed by atoms with Crippen molar-refractivity contribution in [2.45, 2.75) is 45.4 Å². The van der Waals surface area contributed by atoms with Crippen molar-refractivity contribution >= 4 is 35.2 Å². The quantitative estimate of drug-likeness (QED) is 0.186. The van der Waals surface area contributed by atoms with Gasteiger partial charge in [0, 0.05) is 24.3 Å². The molecule has 4 aromatic carbocycles. The Hall–Kier alpha value is -5.38. The number of hydrogen-bond acceptors (Lipinski definition) is 6. The molecular formula is C36H37FN4O5. The second-order valence-electron chi connectivity index (χ2n) is 12.0. The second-order valence-corrected chi connectivity index (χ2v) is 12.0. The molecular weight excluding hydrogens is 587 g/mol. The van der Waals surface area contributed by atoms with Crippen LogP contribution in [-0.4, -0.2) is 42.8 Å². The first kappa shape index (κ1) is 32.0. The van der Waals surface area contributed by atoms with Crippen LogP contribution in [0, 0.1) is 5.82 Å². The van der Waals surface area contributed by atoms with Gasteiger partial charge < -0.3 is 25.0 Å². The Morgan fingerprint density at radius 3 is 2.22 bits per heavy atom. The van der Waals surface area contributed by atoms with Crippen LogP contribution in [0.4, 0.5) is 31.0 Å². The third kappa shape index (κ3) is 8.84. The largest absolute Gasteiger partial charge is 0.445 e. The van der Waals surface area contributed by atoms with Gasteiger partial charge in [0.2, 0.25) is 0 Å². The maximum atomic E-state index is 13.5. The molecule has 46 heavy (non-hydrogen) atoms. The van der Waals surface area contributed by atoms with Crippen molar-refractivity contribution in [2.24, 2.45) is 0 Å². The van der Waals surface area contributed by atoms with E-state index in [9.17, 15) is 18.8 Å².